The van der Waals surface area contributed by atoms with Gasteiger partial charge in [-0.15, -0.1) is 0 Å². The molecule has 3 aliphatic rings. The van der Waals surface area contributed by atoms with Gasteiger partial charge in [0.05, 0.1) is 6.67 Å². The molecule has 0 amide bonds. The van der Waals surface area contributed by atoms with Crippen LogP contribution in [0, 0.1) is 17.8 Å². The van der Waals surface area contributed by atoms with Crippen molar-refractivity contribution < 1.29 is 0 Å². The van der Waals surface area contributed by atoms with Gasteiger partial charge in [0.25, 0.3) is 0 Å². The highest BCUT2D eigenvalue weighted by Gasteiger charge is 2.23. The lowest BCUT2D eigenvalue weighted by Gasteiger charge is -2.35. The van der Waals surface area contributed by atoms with E-state index < -0.39 is 0 Å². The van der Waals surface area contributed by atoms with Crippen molar-refractivity contribution in [1.29, 1.82) is 0 Å². The first-order valence-electron chi connectivity index (χ1n) is 11.5. The first-order chi connectivity index (χ1) is 12.6. The standard InChI is InChI=1S/C22H44N4/c1-20-7-4-8-23(16-20)9-5-10-24-13-14-25(19-24)11-6-12-26-17-21(2)15-22(3)18-26/h20-22H,4-19H2,1-3H3. The molecular formula is C22H44N4. The van der Waals surface area contributed by atoms with Gasteiger partial charge in [0.15, 0.2) is 0 Å². The number of nitrogens with zero attached hydrogens (tertiary/aromatic N) is 4. The fourth-order valence-corrected chi connectivity index (χ4v) is 5.57. The molecule has 3 atom stereocenters. The SMILES string of the molecule is CC1CCCN(CCCN2CCN(CCCN3CC(C)CC(C)C3)C2)C1. The highest BCUT2D eigenvalue weighted by molar-refractivity contribution is 4.77. The second-order valence-electron chi connectivity index (χ2n) is 9.84. The fourth-order valence-electron chi connectivity index (χ4n) is 5.57. The summed E-state index contributed by atoms with van der Waals surface area (Å²) < 4.78 is 0. The Kier molecular flexibility index (Phi) is 8.23. The second-order valence-corrected chi connectivity index (χ2v) is 9.84. The quantitative estimate of drug-likeness (QED) is 0.656. The average molecular weight is 365 g/mol. The first-order valence-corrected chi connectivity index (χ1v) is 11.5. The molecule has 0 aromatic carbocycles. The third-order valence-electron chi connectivity index (χ3n) is 6.72. The van der Waals surface area contributed by atoms with Crippen LogP contribution in [0.25, 0.3) is 0 Å². The van der Waals surface area contributed by atoms with Crippen LogP contribution in [0.3, 0.4) is 0 Å². The van der Waals surface area contributed by atoms with E-state index in [-0.39, 0.29) is 0 Å². The van der Waals surface area contributed by atoms with Gasteiger partial charge in [-0.1, -0.05) is 20.8 Å². The molecule has 3 rings (SSSR count). The van der Waals surface area contributed by atoms with E-state index in [0.29, 0.717) is 0 Å². The minimum absolute atomic E-state index is 0.893. The third kappa shape index (κ3) is 6.78. The highest BCUT2D eigenvalue weighted by atomic mass is 15.4. The van der Waals surface area contributed by atoms with Gasteiger partial charge < -0.3 is 9.80 Å². The fraction of sp³-hybridized carbons (Fsp3) is 1.00. The first kappa shape index (κ1) is 20.6. The van der Waals surface area contributed by atoms with Gasteiger partial charge >= 0.3 is 0 Å². The summed E-state index contributed by atoms with van der Waals surface area (Å²) in [6.07, 6.45) is 6.97. The monoisotopic (exact) mass is 364 g/mol. The summed E-state index contributed by atoms with van der Waals surface area (Å²) in [6.45, 7) is 21.6. The summed E-state index contributed by atoms with van der Waals surface area (Å²) in [4.78, 5) is 10.8. The average Bonchev–Trinajstić information content (AvgIpc) is 3.02. The molecule has 3 heterocycles. The molecule has 0 bridgehead atoms. The molecule has 152 valence electrons. The van der Waals surface area contributed by atoms with E-state index >= 15 is 0 Å². The van der Waals surface area contributed by atoms with Gasteiger partial charge in [0.2, 0.25) is 0 Å². The van der Waals surface area contributed by atoms with E-state index in [0.717, 1.165) is 17.8 Å². The van der Waals surface area contributed by atoms with Gasteiger partial charge in [-0.05, 0) is 69.5 Å². The minimum Gasteiger partial charge on any atom is -0.303 e. The number of piperidine rings is 2. The lowest BCUT2D eigenvalue weighted by atomic mass is 9.92. The normalized spacial score (nSPS) is 33.1. The minimum atomic E-state index is 0.893. The van der Waals surface area contributed by atoms with Crippen molar-refractivity contribution in [3.8, 4) is 0 Å². The van der Waals surface area contributed by atoms with Gasteiger partial charge in [0, 0.05) is 45.8 Å². The van der Waals surface area contributed by atoms with Crippen LogP contribution in [0.2, 0.25) is 0 Å². The third-order valence-corrected chi connectivity index (χ3v) is 6.72. The van der Waals surface area contributed by atoms with Crippen LogP contribution >= 0.6 is 0 Å². The molecule has 0 aromatic rings. The molecule has 0 radical (unpaired) electrons. The van der Waals surface area contributed by atoms with Gasteiger partial charge in [-0.25, -0.2) is 0 Å². The number of hydrogen-bond donors (Lipinski definition) is 0. The van der Waals surface area contributed by atoms with E-state index in [9.17, 15) is 0 Å². The molecule has 0 spiro atoms. The molecule has 0 aromatic heterocycles. The summed E-state index contributed by atoms with van der Waals surface area (Å²) in [5, 5.41) is 0. The smallest absolute Gasteiger partial charge is 0.0507 e. The summed E-state index contributed by atoms with van der Waals surface area (Å²) in [5.74, 6) is 2.70. The van der Waals surface area contributed by atoms with Crippen LogP contribution < -0.4 is 0 Å². The molecule has 3 aliphatic heterocycles. The lowest BCUT2D eigenvalue weighted by molar-refractivity contribution is 0.132. The van der Waals surface area contributed by atoms with Crippen LogP contribution in [0.5, 0.6) is 0 Å². The number of hydrogen-bond acceptors (Lipinski definition) is 4. The van der Waals surface area contributed by atoms with Crippen molar-refractivity contribution >= 4 is 0 Å². The summed E-state index contributed by atoms with van der Waals surface area (Å²) in [6, 6.07) is 0. The Hall–Kier alpha value is -0.160. The number of likely N-dealkylation sites (tertiary alicyclic amines) is 2. The summed E-state index contributed by atoms with van der Waals surface area (Å²) in [7, 11) is 0. The molecule has 3 saturated heterocycles. The van der Waals surface area contributed by atoms with Crippen LogP contribution in [0.1, 0.15) is 52.9 Å². The van der Waals surface area contributed by atoms with E-state index in [2.05, 4.69) is 40.4 Å². The predicted molar refractivity (Wildman–Crippen MR) is 111 cm³/mol. The van der Waals surface area contributed by atoms with Crippen LogP contribution in [-0.4, -0.2) is 91.7 Å². The lowest BCUT2D eigenvalue weighted by Crippen LogP contribution is -2.40. The molecular weight excluding hydrogens is 320 g/mol. The highest BCUT2D eigenvalue weighted by Crippen LogP contribution is 2.21. The molecule has 0 saturated carbocycles. The van der Waals surface area contributed by atoms with Gasteiger partial charge in [0.1, 0.15) is 0 Å². The van der Waals surface area contributed by atoms with Crippen LogP contribution in [0.4, 0.5) is 0 Å². The Bertz CT molecular complexity index is 392. The Morgan fingerprint density at radius 2 is 1.15 bits per heavy atom. The maximum Gasteiger partial charge on any atom is 0.0507 e. The van der Waals surface area contributed by atoms with Crippen molar-refractivity contribution in [1.82, 2.24) is 19.6 Å². The zero-order valence-electron chi connectivity index (χ0n) is 17.8. The molecule has 0 N–H and O–H groups in total. The van der Waals surface area contributed by atoms with E-state index in [1.165, 1.54) is 104 Å². The molecule has 0 aliphatic carbocycles. The van der Waals surface area contributed by atoms with Crippen LogP contribution in [-0.2, 0) is 0 Å². The van der Waals surface area contributed by atoms with E-state index in [4.69, 9.17) is 0 Å². The maximum absolute atomic E-state index is 2.71. The Morgan fingerprint density at radius 3 is 1.77 bits per heavy atom. The Morgan fingerprint density at radius 1 is 0.615 bits per heavy atom. The predicted octanol–water partition coefficient (Wildman–Crippen LogP) is 3.05. The zero-order chi connectivity index (χ0) is 18.4. The van der Waals surface area contributed by atoms with E-state index in [1.54, 1.807) is 0 Å². The van der Waals surface area contributed by atoms with Crippen molar-refractivity contribution in [2.24, 2.45) is 17.8 Å². The largest absolute Gasteiger partial charge is 0.303 e. The van der Waals surface area contributed by atoms with Crippen molar-refractivity contribution in [3.05, 3.63) is 0 Å². The second kappa shape index (κ2) is 10.4. The summed E-state index contributed by atoms with van der Waals surface area (Å²) in [5.41, 5.74) is 0. The van der Waals surface area contributed by atoms with Gasteiger partial charge in [-0.2, -0.15) is 0 Å². The molecule has 4 heteroatoms. The molecule has 4 nitrogen and oxygen atoms in total. The number of rotatable bonds is 8. The van der Waals surface area contributed by atoms with Gasteiger partial charge in [-0.3, -0.25) is 9.80 Å². The van der Waals surface area contributed by atoms with Crippen molar-refractivity contribution in [2.75, 3.05) is 72.1 Å². The maximum atomic E-state index is 2.71. The Labute approximate surface area is 162 Å². The topological polar surface area (TPSA) is 13.0 Å². The van der Waals surface area contributed by atoms with Crippen LogP contribution in [0.15, 0.2) is 0 Å². The van der Waals surface area contributed by atoms with Crippen molar-refractivity contribution in [2.45, 2.75) is 52.9 Å². The zero-order valence-corrected chi connectivity index (χ0v) is 17.8. The molecule has 26 heavy (non-hydrogen) atoms. The summed E-state index contributed by atoms with van der Waals surface area (Å²) >= 11 is 0. The molecule has 3 unspecified atom stereocenters. The van der Waals surface area contributed by atoms with E-state index in [1.807, 2.05) is 0 Å². The van der Waals surface area contributed by atoms with Crippen molar-refractivity contribution in [3.63, 3.8) is 0 Å². The molecule has 3 fully saturated rings. The Balaban J connectivity index is 1.23.